The minimum atomic E-state index is 0.536. The second kappa shape index (κ2) is 9.99. The average Bonchev–Trinajstić information content (AvgIpc) is 3.08. The number of thiazole rings is 1. The molecule has 3 aromatic heterocycles. The number of aryl methyl sites for hydroxylation is 2. The van der Waals surface area contributed by atoms with E-state index in [2.05, 4.69) is 72.8 Å². The van der Waals surface area contributed by atoms with Crippen LogP contribution in [0.1, 0.15) is 42.1 Å². The number of fused-ring (bicyclic) bond motifs is 2. The third-order valence-corrected chi connectivity index (χ3v) is 7.29. The largest absolute Gasteiger partial charge is 0.491 e. The molecule has 0 fully saturated rings. The highest BCUT2D eigenvalue weighted by molar-refractivity contribution is 7.21. The molecule has 0 aliphatic carbocycles. The second-order valence-corrected chi connectivity index (χ2v) is 10.5. The van der Waals surface area contributed by atoms with E-state index < -0.39 is 0 Å². The number of nitrogens with two attached hydrogens (primary N) is 1. The number of ether oxygens (including phenoxy) is 1. The maximum absolute atomic E-state index is 6.28. The first-order valence-electron chi connectivity index (χ1n) is 12.4. The van der Waals surface area contributed by atoms with Crippen LogP contribution in [0.4, 0.5) is 10.9 Å². The van der Waals surface area contributed by atoms with Gasteiger partial charge in [0, 0.05) is 35.1 Å². The van der Waals surface area contributed by atoms with Gasteiger partial charge < -0.3 is 20.3 Å². The van der Waals surface area contributed by atoms with Crippen LogP contribution in [-0.2, 0) is 25.9 Å². The van der Waals surface area contributed by atoms with E-state index in [0.29, 0.717) is 18.3 Å². The number of nitrogen functional groups attached to an aromatic ring is 1. The molecular formula is C27H33N7OS. The lowest BCUT2D eigenvalue weighted by molar-refractivity contribution is 0.329. The van der Waals surface area contributed by atoms with Gasteiger partial charge in [0.1, 0.15) is 34.3 Å². The number of aromatic nitrogens is 4. The third-order valence-electron chi connectivity index (χ3n) is 6.48. The summed E-state index contributed by atoms with van der Waals surface area (Å²) >= 11 is 1.41. The fourth-order valence-electron chi connectivity index (χ4n) is 4.90. The van der Waals surface area contributed by atoms with Crippen molar-refractivity contribution in [3.63, 3.8) is 0 Å². The summed E-state index contributed by atoms with van der Waals surface area (Å²) in [5.74, 6) is 2.85. The normalized spacial score (nSPS) is 13.7. The Morgan fingerprint density at radius 2 is 1.92 bits per heavy atom. The van der Waals surface area contributed by atoms with Crippen molar-refractivity contribution in [2.45, 2.75) is 46.7 Å². The van der Waals surface area contributed by atoms with Crippen LogP contribution < -0.4 is 15.4 Å². The lowest BCUT2D eigenvalue weighted by Crippen LogP contribution is -2.29. The highest BCUT2D eigenvalue weighted by Crippen LogP contribution is 2.36. The summed E-state index contributed by atoms with van der Waals surface area (Å²) in [5.41, 5.74) is 13.5. The molecule has 0 radical (unpaired) electrons. The van der Waals surface area contributed by atoms with Crippen LogP contribution in [0.15, 0.2) is 24.4 Å². The molecule has 0 atom stereocenters. The summed E-state index contributed by atoms with van der Waals surface area (Å²) in [4.78, 5) is 24.3. The van der Waals surface area contributed by atoms with Crippen molar-refractivity contribution in [2.24, 2.45) is 0 Å². The minimum Gasteiger partial charge on any atom is -0.491 e. The summed E-state index contributed by atoms with van der Waals surface area (Å²) < 4.78 is 6.28. The van der Waals surface area contributed by atoms with Gasteiger partial charge in [-0.1, -0.05) is 25.2 Å². The molecule has 0 spiro atoms. The molecule has 2 N–H and O–H groups in total. The Hall–Kier alpha value is -3.30. The van der Waals surface area contributed by atoms with Crippen LogP contribution >= 0.6 is 11.3 Å². The lowest BCUT2D eigenvalue weighted by atomic mass is 9.99. The monoisotopic (exact) mass is 503 g/mol. The Morgan fingerprint density at radius 1 is 1.08 bits per heavy atom. The number of hydrogen-bond donors (Lipinski definition) is 1. The molecule has 0 unspecified atom stereocenters. The molecule has 8 nitrogen and oxygen atoms in total. The Morgan fingerprint density at radius 3 is 2.67 bits per heavy atom. The first-order valence-corrected chi connectivity index (χ1v) is 13.2. The van der Waals surface area contributed by atoms with Gasteiger partial charge in [-0.3, -0.25) is 0 Å². The van der Waals surface area contributed by atoms with Gasteiger partial charge in [-0.25, -0.2) is 19.9 Å². The van der Waals surface area contributed by atoms with Crippen LogP contribution in [0.2, 0.25) is 0 Å². The van der Waals surface area contributed by atoms with Gasteiger partial charge in [-0.15, -0.1) is 0 Å². The van der Waals surface area contributed by atoms with Gasteiger partial charge in [-0.2, -0.15) is 0 Å². The Kier molecular flexibility index (Phi) is 6.77. The van der Waals surface area contributed by atoms with Gasteiger partial charge in [0.05, 0.1) is 13.1 Å². The van der Waals surface area contributed by atoms with E-state index in [-0.39, 0.29) is 0 Å². The second-order valence-electron chi connectivity index (χ2n) is 9.49. The zero-order valence-corrected chi connectivity index (χ0v) is 22.4. The molecule has 4 aromatic rings. The first kappa shape index (κ1) is 24.4. The summed E-state index contributed by atoms with van der Waals surface area (Å²) in [5, 5.41) is 0.536. The zero-order chi connectivity index (χ0) is 25.4. The van der Waals surface area contributed by atoms with Gasteiger partial charge in [0.25, 0.3) is 0 Å². The van der Waals surface area contributed by atoms with E-state index in [1.54, 1.807) is 0 Å². The lowest BCUT2D eigenvalue weighted by Gasteiger charge is -2.26. The predicted octanol–water partition coefficient (Wildman–Crippen LogP) is 4.62. The minimum absolute atomic E-state index is 0.536. The zero-order valence-electron chi connectivity index (χ0n) is 21.6. The topological polar surface area (TPSA) is 93.3 Å². The molecule has 0 amide bonds. The fourth-order valence-corrected chi connectivity index (χ4v) is 5.55. The molecule has 1 aromatic carbocycles. The number of nitrogens with zero attached hydrogens (tertiary/aromatic N) is 6. The van der Waals surface area contributed by atoms with Crippen molar-refractivity contribution in [1.29, 1.82) is 0 Å². The molecule has 0 bridgehead atoms. The Bertz CT molecular complexity index is 1420. The van der Waals surface area contributed by atoms with Crippen molar-refractivity contribution < 1.29 is 4.74 Å². The van der Waals surface area contributed by atoms with Crippen molar-refractivity contribution >= 4 is 32.6 Å². The van der Waals surface area contributed by atoms with Gasteiger partial charge in [0.15, 0.2) is 5.13 Å². The molecule has 1 aliphatic rings. The summed E-state index contributed by atoms with van der Waals surface area (Å²) in [6.07, 6.45) is 3.68. The quantitative estimate of drug-likeness (QED) is 0.407. The number of benzene rings is 1. The Balaban J connectivity index is 1.56. The molecule has 5 rings (SSSR count). The average molecular weight is 504 g/mol. The number of rotatable bonds is 6. The van der Waals surface area contributed by atoms with Crippen molar-refractivity contribution in [3.05, 3.63) is 52.6 Å². The van der Waals surface area contributed by atoms with E-state index in [1.807, 2.05) is 6.20 Å². The van der Waals surface area contributed by atoms with E-state index in [0.717, 1.165) is 81.6 Å². The van der Waals surface area contributed by atoms with Crippen LogP contribution in [0, 0.1) is 6.92 Å². The summed E-state index contributed by atoms with van der Waals surface area (Å²) in [7, 11) is 4.10. The fraction of sp³-hybridized carbons (Fsp3) is 0.407. The Labute approximate surface area is 216 Å². The maximum Gasteiger partial charge on any atom is 0.182 e. The molecule has 1 aliphatic heterocycles. The number of hydrogen-bond acceptors (Lipinski definition) is 9. The maximum atomic E-state index is 6.28. The van der Waals surface area contributed by atoms with E-state index >= 15 is 0 Å². The molecule has 9 heteroatoms. The molecule has 0 saturated carbocycles. The summed E-state index contributed by atoms with van der Waals surface area (Å²) in [6, 6.07) is 6.44. The van der Waals surface area contributed by atoms with Gasteiger partial charge in [-0.05, 0) is 63.2 Å². The van der Waals surface area contributed by atoms with Crippen LogP contribution in [0.25, 0.3) is 21.5 Å². The highest BCUT2D eigenvalue weighted by Gasteiger charge is 2.23. The standard InChI is InChI=1S/C27H33N7OS/c1-6-20-21(7-2)30-23(15-33(4)5)32-25(20)34-8-9-35-24-16(3)10-17(11-19(24)14-34)18-12-22-26(29-13-18)36-27(28)31-22/h10-13H,6-9,14-15H2,1-5H3,(H2,28,31). The number of pyridine rings is 1. The SMILES string of the molecule is CCc1nc(CN(C)C)nc(N2CCOc3c(C)cc(-c4cnc5sc(N)nc5c4)cc3C2)c1CC. The van der Waals surface area contributed by atoms with E-state index in [9.17, 15) is 0 Å². The molecular weight excluding hydrogens is 470 g/mol. The van der Waals surface area contributed by atoms with Crippen LogP contribution in [-0.4, -0.2) is 52.1 Å². The third kappa shape index (κ3) is 4.73. The van der Waals surface area contributed by atoms with Crippen molar-refractivity contribution in [2.75, 3.05) is 37.9 Å². The van der Waals surface area contributed by atoms with Gasteiger partial charge in [0.2, 0.25) is 0 Å². The molecule has 0 saturated heterocycles. The van der Waals surface area contributed by atoms with E-state index in [1.165, 1.54) is 16.9 Å². The smallest absolute Gasteiger partial charge is 0.182 e. The number of anilines is 2. The van der Waals surface area contributed by atoms with Crippen LogP contribution in [0.3, 0.4) is 0 Å². The van der Waals surface area contributed by atoms with Crippen LogP contribution in [0.5, 0.6) is 5.75 Å². The molecule has 36 heavy (non-hydrogen) atoms. The highest BCUT2D eigenvalue weighted by atomic mass is 32.1. The van der Waals surface area contributed by atoms with Crippen molar-refractivity contribution in [3.8, 4) is 16.9 Å². The molecule has 4 heterocycles. The summed E-state index contributed by atoms with van der Waals surface area (Å²) in [6.45, 7) is 9.27. The first-order chi connectivity index (χ1) is 17.4. The van der Waals surface area contributed by atoms with E-state index in [4.69, 9.17) is 20.4 Å². The molecule has 188 valence electrons. The van der Waals surface area contributed by atoms with Crippen molar-refractivity contribution in [1.82, 2.24) is 24.8 Å². The predicted molar refractivity (Wildman–Crippen MR) is 147 cm³/mol. The van der Waals surface area contributed by atoms with Gasteiger partial charge >= 0.3 is 0 Å².